The molecule has 2 aromatic carbocycles. The van der Waals surface area contributed by atoms with Crippen molar-refractivity contribution in [2.24, 2.45) is 0 Å². The van der Waals surface area contributed by atoms with Gasteiger partial charge in [0.25, 0.3) is 0 Å². The number of hydrogen-bond acceptors (Lipinski definition) is 4. The molecule has 5 rings (SSSR count). The number of carbonyl (C=O) groups is 2. The van der Waals surface area contributed by atoms with Gasteiger partial charge in [-0.05, 0) is 36.4 Å². The smallest absolute Gasteiger partial charge is 0.244 e. The van der Waals surface area contributed by atoms with Crippen molar-refractivity contribution in [3.63, 3.8) is 0 Å². The number of benzene rings is 2. The molecule has 0 aliphatic carbocycles. The zero-order valence-electron chi connectivity index (χ0n) is 16.7. The quantitative estimate of drug-likeness (QED) is 0.554. The minimum absolute atomic E-state index is 0.0760. The molecule has 2 amide bonds. The Balaban J connectivity index is 1.30. The third-order valence-electron chi connectivity index (χ3n) is 5.16. The molecule has 31 heavy (non-hydrogen) atoms. The molecule has 7 heteroatoms. The summed E-state index contributed by atoms with van der Waals surface area (Å²) in [5, 5.41) is 2.87. The van der Waals surface area contributed by atoms with Crippen molar-refractivity contribution >= 4 is 28.8 Å². The van der Waals surface area contributed by atoms with Gasteiger partial charge in [-0.1, -0.05) is 30.3 Å². The van der Waals surface area contributed by atoms with E-state index in [4.69, 9.17) is 4.74 Å². The van der Waals surface area contributed by atoms with E-state index < -0.39 is 0 Å². The van der Waals surface area contributed by atoms with Crippen LogP contribution in [0.4, 0.5) is 11.4 Å². The van der Waals surface area contributed by atoms with Gasteiger partial charge in [-0.2, -0.15) is 0 Å². The van der Waals surface area contributed by atoms with E-state index in [1.165, 1.54) is 4.90 Å². The van der Waals surface area contributed by atoms with Crippen LogP contribution in [0.15, 0.2) is 79.1 Å². The summed E-state index contributed by atoms with van der Waals surface area (Å²) >= 11 is 0. The van der Waals surface area contributed by atoms with E-state index in [0.29, 0.717) is 23.7 Å². The Morgan fingerprint density at radius 2 is 1.84 bits per heavy atom. The standard InChI is InChI=1S/C24H20N4O3/c29-23(16-28-20-5-1-2-6-21(20)31-14-12-24(28)30)25-18-10-8-17(9-11-18)19-15-27-13-4-3-7-22(27)26-19/h1-11,13,15H,12,14,16H2,(H,25,29). The van der Waals surface area contributed by atoms with Crippen LogP contribution < -0.4 is 15.0 Å². The molecule has 0 fully saturated rings. The molecule has 7 nitrogen and oxygen atoms in total. The molecule has 4 aromatic rings. The van der Waals surface area contributed by atoms with Crippen molar-refractivity contribution in [2.75, 3.05) is 23.4 Å². The van der Waals surface area contributed by atoms with Gasteiger partial charge >= 0.3 is 0 Å². The van der Waals surface area contributed by atoms with E-state index in [2.05, 4.69) is 10.3 Å². The van der Waals surface area contributed by atoms with Crippen LogP contribution >= 0.6 is 0 Å². The van der Waals surface area contributed by atoms with Crippen LogP contribution in [0.1, 0.15) is 6.42 Å². The molecule has 0 atom stereocenters. The normalized spacial score (nSPS) is 13.4. The molecule has 1 aliphatic rings. The van der Waals surface area contributed by atoms with E-state index in [0.717, 1.165) is 16.9 Å². The van der Waals surface area contributed by atoms with E-state index in [1.54, 1.807) is 12.1 Å². The summed E-state index contributed by atoms with van der Waals surface area (Å²) in [6.45, 7) is 0.228. The van der Waals surface area contributed by atoms with Crippen LogP contribution in [0.5, 0.6) is 5.75 Å². The van der Waals surface area contributed by atoms with Crippen molar-refractivity contribution in [1.82, 2.24) is 9.38 Å². The molecule has 1 N–H and O–H groups in total. The van der Waals surface area contributed by atoms with Crippen LogP contribution in [0.3, 0.4) is 0 Å². The molecule has 0 spiro atoms. The van der Waals surface area contributed by atoms with Gasteiger partial charge in [0.2, 0.25) is 11.8 Å². The van der Waals surface area contributed by atoms with Gasteiger partial charge < -0.3 is 14.5 Å². The number of nitrogens with zero attached hydrogens (tertiary/aromatic N) is 3. The van der Waals surface area contributed by atoms with Crippen molar-refractivity contribution in [3.8, 4) is 17.0 Å². The summed E-state index contributed by atoms with van der Waals surface area (Å²) in [6.07, 6.45) is 4.15. The number of ether oxygens (including phenoxy) is 1. The monoisotopic (exact) mass is 412 g/mol. The fourth-order valence-electron chi connectivity index (χ4n) is 3.64. The number of rotatable bonds is 4. The summed E-state index contributed by atoms with van der Waals surface area (Å²) in [6, 6.07) is 20.6. The van der Waals surface area contributed by atoms with E-state index in [-0.39, 0.29) is 24.8 Å². The highest BCUT2D eigenvalue weighted by molar-refractivity contribution is 6.03. The lowest BCUT2D eigenvalue weighted by molar-refractivity contribution is -0.121. The van der Waals surface area contributed by atoms with Crippen molar-refractivity contribution < 1.29 is 14.3 Å². The highest BCUT2D eigenvalue weighted by atomic mass is 16.5. The molecular weight excluding hydrogens is 392 g/mol. The lowest BCUT2D eigenvalue weighted by Crippen LogP contribution is -2.37. The molecule has 1 aliphatic heterocycles. The zero-order valence-corrected chi connectivity index (χ0v) is 16.7. The Kier molecular flexibility index (Phi) is 4.84. The largest absolute Gasteiger partial charge is 0.491 e. The molecule has 0 radical (unpaired) electrons. The molecule has 0 unspecified atom stereocenters. The molecule has 2 aromatic heterocycles. The van der Waals surface area contributed by atoms with Crippen LogP contribution in [-0.2, 0) is 9.59 Å². The van der Waals surface area contributed by atoms with Crippen LogP contribution in [0, 0.1) is 0 Å². The van der Waals surface area contributed by atoms with Gasteiger partial charge in [-0.25, -0.2) is 4.98 Å². The number of fused-ring (bicyclic) bond motifs is 2. The Labute approximate surface area is 178 Å². The second kappa shape index (κ2) is 7.95. The number of nitrogens with one attached hydrogen (secondary N) is 1. The number of pyridine rings is 1. The summed E-state index contributed by atoms with van der Waals surface area (Å²) < 4.78 is 7.59. The lowest BCUT2D eigenvalue weighted by atomic mass is 10.1. The maximum absolute atomic E-state index is 12.7. The maximum Gasteiger partial charge on any atom is 0.244 e. The van der Waals surface area contributed by atoms with Crippen molar-refractivity contribution in [2.45, 2.75) is 6.42 Å². The lowest BCUT2D eigenvalue weighted by Gasteiger charge is -2.21. The first kappa shape index (κ1) is 18.9. The predicted molar refractivity (Wildman–Crippen MR) is 118 cm³/mol. The third-order valence-corrected chi connectivity index (χ3v) is 5.16. The molecular formula is C24H20N4O3. The third kappa shape index (κ3) is 3.85. The second-order valence-electron chi connectivity index (χ2n) is 7.26. The number of aromatic nitrogens is 2. The van der Waals surface area contributed by atoms with Gasteiger partial charge in [0.15, 0.2) is 0 Å². The fourth-order valence-corrected chi connectivity index (χ4v) is 3.64. The summed E-state index contributed by atoms with van der Waals surface area (Å²) in [5.74, 6) is 0.200. The number of hydrogen-bond donors (Lipinski definition) is 1. The first-order chi connectivity index (χ1) is 15.2. The van der Waals surface area contributed by atoms with Gasteiger partial charge in [0.1, 0.15) is 17.9 Å². The highest BCUT2D eigenvalue weighted by Gasteiger charge is 2.25. The van der Waals surface area contributed by atoms with E-state index in [1.807, 2.05) is 71.4 Å². The topological polar surface area (TPSA) is 75.9 Å². The average molecular weight is 412 g/mol. The fraction of sp³-hybridized carbons (Fsp3) is 0.125. The van der Waals surface area contributed by atoms with Gasteiger partial charge in [-0.3, -0.25) is 14.5 Å². The number of imidazole rings is 1. The summed E-state index contributed by atoms with van der Waals surface area (Å²) in [7, 11) is 0. The highest BCUT2D eigenvalue weighted by Crippen LogP contribution is 2.31. The Hall–Kier alpha value is -4.13. The van der Waals surface area contributed by atoms with Crippen LogP contribution in [0.25, 0.3) is 16.9 Å². The van der Waals surface area contributed by atoms with E-state index >= 15 is 0 Å². The molecule has 154 valence electrons. The molecule has 0 saturated heterocycles. The maximum atomic E-state index is 12.7. The minimum Gasteiger partial charge on any atom is -0.491 e. The number of anilines is 2. The van der Waals surface area contributed by atoms with Crippen LogP contribution in [0.2, 0.25) is 0 Å². The Morgan fingerprint density at radius 1 is 1.03 bits per heavy atom. The summed E-state index contributed by atoms with van der Waals surface area (Å²) in [4.78, 5) is 31.2. The average Bonchev–Trinajstić information content (AvgIpc) is 3.16. The molecule has 0 bridgehead atoms. The zero-order chi connectivity index (χ0) is 21.2. The van der Waals surface area contributed by atoms with Gasteiger partial charge in [0, 0.05) is 23.6 Å². The predicted octanol–water partition coefficient (Wildman–Crippen LogP) is 3.76. The van der Waals surface area contributed by atoms with Crippen LogP contribution in [-0.4, -0.2) is 34.4 Å². The van der Waals surface area contributed by atoms with Gasteiger partial charge in [-0.15, -0.1) is 0 Å². The molecule has 0 saturated carbocycles. The first-order valence-electron chi connectivity index (χ1n) is 10.0. The Bertz CT molecular complexity index is 1230. The number of amides is 2. The first-order valence-corrected chi connectivity index (χ1v) is 10.0. The molecule has 3 heterocycles. The van der Waals surface area contributed by atoms with Crippen molar-refractivity contribution in [1.29, 1.82) is 0 Å². The second-order valence-corrected chi connectivity index (χ2v) is 7.26. The summed E-state index contributed by atoms with van der Waals surface area (Å²) in [5.41, 5.74) is 3.96. The number of para-hydroxylation sites is 2. The SMILES string of the molecule is O=C(CN1C(=O)CCOc2ccccc21)Nc1ccc(-c2cn3ccccc3n2)cc1. The van der Waals surface area contributed by atoms with Gasteiger partial charge in [0.05, 0.1) is 24.4 Å². The number of carbonyl (C=O) groups excluding carboxylic acids is 2. The van der Waals surface area contributed by atoms with Crippen molar-refractivity contribution in [3.05, 3.63) is 79.1 Å². The Morgan fingerprint density at radius 3 is 2.68 bits per heavy atom. The van der Waals surface area contributed by atoms with E-state index in [9.17, 15) is 9.59 Å². The minimum atomic E-state index is -0.273.